The lowest BCUT2D eigenvalue weighted by molar-refractivity contribution is -0.119. The highest BCUT2D eigenvalue weighted by Crippen LogP contribution is 2.31. The summed E-state index contributed by atoms with van der Waals surface area (Å²) in [6.45, 7) is 4.32. The minimum atomic E-state index is -0.0536. The van der Waals surface area contributed by atoms with Gasteiger partial charge in [-0.3, -0.25) is 9.69 Å². The summed E-state index contributed by atoms with van der Waals surface area (Å²) in [6.07, 6.45) is 2.60. The molecule has 0 spiro atoms. The number of thiazole rings is 2. The minimum Gasteiger partial charge on any atom is -0.389 e. The number of carbonyl (C=O) groups is 1. The van der Waals surface area contributed by atoms with Crippen LogP contribution in [0.4, 0.5) is 0 Å². The van der Waals surface area contributed by atoms with E-state index in [-0.39, 0.29) is 12.4 Å². The third-order valence-corrected chi connectivity index (χ3v) is 7.38. The Morgan fingerprint density at radius 1 is 1.17 bits per heavy atom. The second kappa shape index (κ2) is 9.26. The van der Waals surface area contributed by atoms with Crippen molar-refractivity contribution in [2.24, 2.45) is 0 Å². The van der Waals surface area contributed by atoms with Crippen LogP contribution in [0.1, 0.15) is 40.0 Å². The number of aliphatic hydroxyl groups excluding tert-OH is 1. The molecule has 152 valence electrons. The van der Waals surface area contributed by atoms with Gasteiger partial charge in [-0.25, -0.2) is 9.97 Å². The summed E-state index contributed by atoms with van der Waals surface area (Å²) in [6, 6.07) is 10.7. The van der Waals surface area contributed by atoms with Gasteiger partial charge in [-0.2, -0.15) is 0 Å². The molecule has 1 aromatic carbocycles. The number of benzene rings is 1. The maximum atomic E-state index is 12.6. The summed E-state index contributed by atoms with van der Waals surface area (Å²) in [5.41, 5.74) is 3.15. The average Bonchev–Trinajstić information content (AvgIpc) is 3.35. The summed E-state index contributed by atoms with van der Waals surface area (Å²) < 4.78 is 0. The van der Waals surface area contributed by atoms with Crippen LogP contribution in [0.25, 0.3) is 10.6 Å². The van der Waals surface area contributed by atoms with Crippen LogP contribution in [-0.2, 0) is 17.8 Å². The van der Waals surface area contributed by atoms with E-state index in [1.165, 1.54) is 28.2 Å². The largest absolute Gasteiger partial charge is 0.389 e. The number of likely N-dealkylation sites (tertiary alicyclic amines) is 1. The molecule has 5 nitrogen and oxygen atoms in total. The molecule has 1 saturated heterocycles. The van der Waals surface area contributed by atoms with Crippen molar-refractivity contribution in [3.05, 3.63) is 57.0 Å². The standard InChI is InChI=1S/C22H25N3O2S2/c1-15-22(29-21(13-26)23-15)19-14-28-20(24-19)11-18(27)12-25-9-7-17(8-10-25)16-5-3-2-4-6-16/h2-6,14,17,26H,7-13H2,1H3. The monoisotopic (exact) mass is 427 g/mol. The number of nitrogens with zero attached hydrogens (tertiary/aromatic N) is 3. The number of hydrogen-bond acceptors (Lipinski definition) is 7. The molecule has 0 radical (unpaired) electrons. The Labute approximate surface area is 179 Å². The van der Waals surface area contributed by atoms with Crippen LogP contribution in [0.3, 0.4) is 0 Å². The third kappa shape index (κ3) is 4.98. The highest BCUT2D eigenvalue weighted by atomic mass is 32.1. The van der Waals surface area contributed by atoms with Crippen LogP contribution in [0.2, 0.25) is 0 Å². The molecule has 0 bridgehead atoms. The SMILES string of the molecule is Cc1nc(CO)sc1-c1csc(CC(=O)CN2CCC(c3ccccc3)CC2)n1. The van der Waals surface area contributed by atoms with Gasteiger partial charge in [0.05, 0.1) is 35.8 Å². The number of aliphatic hydroxyl groups is 1. The van der Waals surface area contributed by atoms with Gasteiger partial charge < -0.3 is 5.11 Å². The Bertz CT molecular complexity index is 960. The molecule has 1 aliphatic heterocycles. The minimum absolute atomic E-state index is 0.0536. The summed E-state index contributed by atoms with van der Waals surface area (Å²) >= 11 is 2.99. The first-order chi connectivity index (χ1) is 14.1. The average molecular weight is 428 g/mol. The van der Waals surface area contributed by atoms with Gasteiger partial charge in [0.1, 0.15) is 10.0 Å². The predicted molar refractivity (Wildman–Crippen MR) is 117 cm³/mol. The van der Waals surface area contributed by atoms with Crippen LogP contribution < -0.4 is 0 Å². The first kappa shape index (κ1) is 20.3. The molecule has 1 aliphatic rings. The van der Waals surface area contributed by atoms with Crippen molar-refractivity contribution in [3.8, 4) is 10.6 Å². The van der Waals surface area contributed by atoms with Crippen molar-refractivity contribution in [1.29, 1.82) is 0 Å². The fourth-order valence-corrected chi connectivity index (χ4v) is 5.65. The molecule has 7 heteroatoms. The van der Waals surface area contributed by atoms with Crippen molar-refractivity contribution < 1.29 is 9.90 Å². The molecular weight excluding hydrogens is 402 g/mol. The van der Waals surface area contributed by atoms with Crippen LogP contribution in [-0.4, -0.2) is 45.4 Å². The number of aromatic nitrogens is 2. The molecule has 0 saturated carbocycles. The maximum Gasteiger partial charge on any atom is 0.153 e. The van der Waals surface area contributed by atoms with Gasteiger partial charge in [-0.05, 0) is 44.3 Å². The Morgan fingerprint density at radius 2 is 1.93 bits per heavy atom. The molecule has 3 aromatic rings. The van der Waals surface area contributed by atoms with Gasteiger partial charge in [0.2, 0.25) is 0 Å². The normalized spacial score (nSPS) is 15.7. The third-order valence-electron chi connectivity index (χ3n) is 5.37. The Hall–Kier alpha value is -1.93. The fraction of sp³-hybridized carbons (Fsp3) is 0.409. The highest BCUT2D eigenvalue weighted by molar-refractivity contribution is 7.16. The molecular formula is C22H25N3O2S2. The van der Waals surface area contributed by atoms with Gasteiger partial charge in [-0.15, -0.1) is 22.7 Å². The summed E-state index contributed by atoms with van der Waals surface area (Å²) in [5.74, 6) is 0.830. The number of hydrogen-bond donors (Lipinski definition) is 1. The summed E-state index contributed by atoms with van der Waals surface area (Å²) in [7, 11) is 0. The molecule has 1 fully saturated rings. The summed E-state index contributed by atoms with van der Waals surface area (Å²) in [4.78, 5) is 24.8. The maximum absolute atomic E-state index is 12.6. The van der Waals surface area contributed by atoms with E-state index in [0.29, 0.717) is 23.9 Å². The molecule has 2 aromatic heterocycles. The van der Waals surface area contributed by atoms with Gasteiger partial charge in [0, 0.05) is 5.38 Å². The zero-order valence-electron chi connectivity index (χ0n) is 16.5. The topological polar surface area (TPSA) is 66.3 Å². The van der Waals surface area contributed by atoms with E-state index in [2.05, 4.69) is 45.2 Å². The van der Waals surface area contributed by atoms with E-state index in [1.54, 1.807) is 0 Å². The van der Waals surface area contributed by atoms with E-state index in [0.717, 1.165) is 47.2 Å². The Kier molecular flexibility index (Phi) is 6.50. The number of piperidine rings is 1. The number of aryl methyl sites for hydroxylation is 1. The van der Waals surface area contributed by atoms with Crippen molar-refractivity contribution >= 4 is 28.5 Å². The Balaban J connectivity index is 1.29. The van der Waals surface area contributed by atoms with Crippen molar-refractivity contribution in [1.82, 2.24) is 14.9 Å². The number of Topliss-reactive ketones (excluding diaryl/α,β-unsaturated/α-hetero) is 1. The molecule has 0 aliphatic carbocycles. The molecule has 1 N–H and O–H groups in total. The number of rotatable bonds is 7. The molecule has 3 heterocycles. The molecule has 4 rings (SSSR count). The van der Waals surface area contributed by atoms with Crippen LogP contribution in [0.5, 0.6) is 0 Å². The van der Waals surface area contributed by atoms with E-state index >= 15 is 0 Å². The molecule has 0 amide bonds. The lowest BCUT2D eigenvalue weighted by atomic mass is 9.89. The number of ketones is 1. The quantitative estimate of drug-likeness (QED) is 0.616. The molecule has 0 unspecified atom stereocenters. The van der Waals surface area contributed by atoms with E-state index in [9.17, 15) is 9.90 Å². The lowest BCUT2D eigenvalue weighted by Crippen LogP contribution is -2.37. The second-order valence-electron chi connectivity index (χ2n) is 7.48. The first-order valence-electron chi connectivity index (χ1n) is 9.93. The van der Waals surface area contributed by atoms with Gasteiger partial charge in [0.25, 0.3) is 0 Å². The second-order valence-corrected chi connectivity index (χ2v) is 9.51. The van der Waals surface area contributed by atoms with E-state index in [1.807, 2.05) is 12.3 Å². The highest BCUT2D eigenvalue weighted by Gasteiger charge is 2.22. The first-order valence-corrected chi connectivity index (χ1v) is 11.6. The van der Waals surface area contributed by atoms with Crippen molar-refractivity contribution in [2.75, 3.05) is 19.6 Å². The van der Waals surface area contributed by atoms with E-state index in [4.69, 9.17) is 0 Å². The van der Waals surface area contributed by atoms with Crippen LogP contribution in [0.15, 0.2) is 35.7 Å². The van der Waals surface area contributed by atoms with E-state index < -0.39 is 0 Å². The summed E-state index contributed by atoms with van der Waals surface area (Å²) in [5, 5.41) is 12.8. The predicted octanol–water partition coefficient (Wildman–Crippen LogP) is 4.06. The Morgan fingerprint density at radius 3 is 2.62 bits per heavy atom. The molecule has 0 atom stereocenters. The van der Waals surface area contributed by atoms with Gasteiger partial charge in [-0.1, -0.05) is 30.3 Å². The smallest absolute Gasteiger partial charge is 0.153 e. The van der Waals surface area contributed by atoms with Crippen LogP contribution in [0, 0.1) is 6.92 Å². The fourth-order valence-electron chi connectivity index (χ4n) is 3.88. The van der Waals surface area contributed by atoms with Crippen molar-refractivity contribution in [3.63, 3.8) is 0 Å². The van der Waals surface area contributed by atoms with Gasteiger partial charge in [0.15, 0.2) is 5.78 Å². The van der Waals surface area contributed by atoms with Gasteiger partial charge >= 0.3 is 0 Å². The van der Waals surface area contributed by atoms with Crippen molar-refractivity contribution in [2.45, 2.75) is 38.7 Å². The zero-order chi connectivity index (χ0) is 20.2. The zero-order valence-corrected chi connectivity index (χ0v) is 18.1. The molecule has 29 heavy (non-hydrogen) atoms. The number of carbonyl (C=O) groups excluding carboxylic acids is 1. The lowest BCUT2D eigenvalue weighted by Gasteiger charge is -2.31. The van der Waals surface area contributed by atoms with Crippen LogP contribution >= 0.6 is 22.7 Å².